The lowest BCUT2D eigenvalue weighted by molar-refractivity contribution is 0.343. The normalized spacial score (nSPS) is 19.2. The second-order valence-electron chi connectivity index (χ2n) is 5.94. The highest BCUT2D eigenvalue weighted by atomic mass is 32.2. The Morgan fingerprint density at radius 2 is 2.12 bits per heavy atom. The van der Waals surface area contributed by atoms with Crippen molar-refractivity contribution in [2.45, 2.75) is 17.5 Å². The molecule has 2 N–H and O–H groups in total. The van der Waals surface area contributed by atoms with E-state index in [-0.39, 0.29) is 6.04 Å². The number of pyridine rings is 1. The minimum absolute atomic E-state index is 0.206. The molecule has 132 valence electrons. The first-order valence-electron chi connectivity index (χ1n) is 8.06. The highest BCUT2D eigenvalue weighted by Gasteiger charge is 2.28. The molecule has 0 radical (unpaired) electrons. The number of fused-ring (bicyclic) bond motifs is 1. The van der Waals surface area contributed by atoms with Gasteiger partial charge >= 0.3 is 0 Å². The van der Waals surface area contributed by atoms with Crippen LogP contribution in [-0.4, -0.2) is 54.2 Å². The van der Waals surface area contributed by atoms with Crippen molar-refractivity contribution in [3.63, 3.8) is 0 Å². The summed E-state index contributed by atoms with van der Waals surface area (Å²) in [4.78, 5) is 18.0. The van der Waals surface area contributed by atoms with Crippen LogP contribution in [0.15, 0.2) is 23.4 Å². The maximum absolute atomic E-state index is 5.98. The Morgan fingerprint density at radius 3 is 2.84 bits per heavy atom. The smallest absolute Gasteiger partial charge is 0.258 e. The minimum atomic E-state index is 0.206. The van der Waals surface area contributed by atoms with Gasteiger partial charge in [0.2, 0.25) is 5.95 Å². The summed E-state index contributed by atoms with van der Waals surface area (Å²) in [6.45, 7) is 1.72. The molecular formula is C16H20N6O2S. The molecule has 0 aliphatic carbocycles. The summed E-state index contributed by atoms with van der Waals surface area (Å²) in [5, 5.41) is 0.960. The van der Waals surface area contributed by atoms with Gasteiger partial charge in [0.05, 0.1) is 32.0 Å². The van der Waals surface area contributed by atoms with Crippen LogP contribution in [0.1, 0.15) is 6.42 Å². The van der Waals surface area contributed by atoms with Crippen molar-refractivity contribution in [1.29, 1.82) is 0 Å². The highest BCUT2D eigenvalue weighted by molar-refractivity contribution is 7.99. The molecule has 0 saturated carbocycles. The Kier molecular flexibility index (Phi) is 4.26. The minimum Gasteiger partial charge on any atom is -0.491 e. The number of hydrogen-bond acceptors (Lipinski definition) is 9. The van der Waals surface area contributed by atoms with Gasteiger partial charge in [-0.15, -0.1) is 0 Å². The first-order valence-corrected chi connectivity index (χ1v) is 9.05. The highest BCUT2D eigenvalue weighted by Crippen LogP contribution is 2.42. The molecule has 2 aliphatic rings. The lowest BCUT2D eigenvalue weighted by Crippen LogP contribution is -2.27. The standard InChI is InChI=1S/C16H20N6O2S/c1-23-12-3-4-13(19-14(12)24-2)22-9-25-15-11(22)7-18-16(20-15)21-6-5-10(17)8-21/h3-4,7,10H,5-6,8-9,17H2,1-2H3. The van der Waals surface area contributed by atoms with E-state index in [1.54, 1.807) is 26.0 Å². The van der Waals surface area contributed by atoms with Crippen LogP contribution in [0, 0.1) is 0 Å². The van der Waals surface area contributed by atoms with E-state index >= 15 is 0 Å². The number of aromatic nitrogens is 3. The predicted molar refractivity (Wildman–Crippen MR) is 97.0 cm³/mol. The number of thioether (sulfide) groups is 1. The van der Waals surface area contributed by atoms with Crippen LogP contribution >= 0.6 is 11.8 Å². The predicted octanol–water partition coefficient (Wildman–Crippen LogP) is 1.63. The maximum Gasteiger partial charge on any atom is 0.258 e. The zero-order chi connectivity index (χ0) is 17.4. The molecule has 2 aliphatic heterocycles. The third-order valence-corrected chi connectivity index (χ3v) is 5.31. The van der Waals surface area contributed by atoms with Gasteiger partial charge in [-0.2, -0.15) is 4.98 Å². The van der Waals surface area contributed by atoms with Gasteiger partial charge in [0.25, 0.3) is 5.88 Å². The van der Waals surface area contributed by atoms with E-state index in [4.69, 9.17) is 20.2 Å². The third-order valence-electron chi connectivity index (χ3n) is 4.35. The summed E-state index contributed by atoms with van der Waals surface area (Å²) in [7, 11) is 3.18. The summed E-state index contributed by atoms with van der Waals surface area (Å²) >= 11 is 1.67. The van der Waals surface area contributed by atoms with Crippen molar-refractivity contribution >= 4 is 29.2 Å². The van der Waals surface area contributed by atoms with Crippen molar-refractivity contribution < 1.29 is 9.47 Å². The lowest BCUT2D eigenvalue weighted by Gasteiger charge is -2.19. The average molecular weight is 360 g/mol. The van der Waals surface area contributed by atoms with Gasteiger partial charge in [-0.05, 0) is 18.6 Å². The van der Waals surface area contributed by atoms with Crippen molar-refractivity contribution in [2.24, 2.45) is 5.73 Å². The van der Waals surface area contributed by atoms with E-state index in [2.05, 4.69) is 19.8 Å². The third kappa shape index (κ3) is 2.93. The van der Waals surface area contributed by atoms with E-state index in [1.165, 1.54) is 0 Å². The van der Waals surface area contributed by atoms with Crippen LogP contribution in [0.3, 0.4) is 0 Å². The summed E-state index contributed by atoms with van der Waals surface area (Å²) < 4.78 is 10.6. The molecule has 1 saturated heterocycles. The zero-order valence-corrected chi connectivity index (χ0v) is 15.0. The number of ether oxygens (including phenoxy) is 2. The number of methoxy groups -OCH3 is 2. The van der Waals surface area contributed by atoms with Crippen LogP contribution in [-0.2, 0) is 0 Å². The van der Waals surface area contributed by atoms with E-state index < -0.39 is 0 Å². The molecule has 2 aromatic rings. The SMILES string of the molecule is COc1ccc(N2CSc3nc(N4CCC(N)C4)ncc32)nc1OC. The van der Waals surface area contributed by atoms with Gasteiger partial charge in [-0.25, -0.2) is 9.97 Å². The molecule has 1 fully saturated rings. The number of anilines is 3. The van der Waals surface area contributed by atoms with Gasteiger partial charge in [0.1, 0.15) is 10.8 Å². The van der Waals surface area contributed by atoms with Gasteiger partial charge < -0.3 is 25.0 Å². The first-order chi connectivity index (χ1) is 12.2. The van der Waals surface area contributed by atoms with Crippen molar-refractivity contribution in [3.8, 4) is 11.6 Å². The summed E-state index contributed by atoms with van der Waals surface area (Å²) in [6, 6.07) is 3.96. The molecule has 0 aromatic carbocycles. The maximum atomic E-state index is 5.98. The van der Waals surface area contributed by atoms with E-state index in [1.807, 2.05) is 18.3 Å². The molecule has 0 spiro atoms. The quantitative estimate of drug-likeness (QED) is 0.817. The van der Waals surface area contributed by atoms with Crippen molar-refractivity contribution in [1.82, 2.24) is 15.0 Å². The van der Waals surface area contributed by atoms with Crippen LogP contribution in [0.25, 0.3) is 0 Å². The summed E-state index contributed by atoms with van der Waals surface area (Å²) in [5.74, 6) is 3.33. The fourth-order valence-corrected chi connectivity index (χ4v) is 4.00. The molecule has 1 atom stereocenters. The Morgan fingerprint density at radius 1 is 1.24 bits per heavy atom. The van der Waals surface area contributed by atoms with E-state index in [0.29, 0.717) is 11.6 Å². The number of hydrogen-bond donors (Lipinski definition) is 1. The van der Waals surface area contributed by atoms with E-state index in [0.717, 1.165) is 47.9 Å². The molecule has 4 rings (SSSR count). The monoisotopic (exact) mass is 360 g/mol. The Hall–Kier alpha value is -2.26. The molecule has 0 amide bonds. The average Bonchev–Trinajstić information content (AvgIpc) is 3.26. The van der Waals surface area contributed by atoms with Gasteiger partial charge in [-0.3, -0.25) is 0 Å². The molecule has 1 unspecified atom stereocenters. The van der Waals surface area contributed by atoms with Crippen LogP contribution in [0.2, 0.25) is 0 Å². The zero-order valence-electron chi connectivity index (χ0n) is 14.2. The first kappa shape index (κ1) is 16.2. The Balaban J connectivity index is 1.62. The van der Waals surface area contributed by atoms with Crippen molar-refractivity contribution in [3.05, 3.63) is 18.3 Å². The number of nitrogens with zero attached hydrogens (tertiary/aromatic N) is 5. The molecule has 9 heteroatoms. The number of rotatable bonds is 4. The fraction of sp³-hybridized carbons (Fsp3) is 0.438. The molecule has 2 aromatic heterocycles. The molecule has 25 heavy (non-hydrogen) atoms. The van der Waals surface area contributed by atoms with Gasteiger partial charge in [-0.1, -0.05) is 11.8 Å². The van der Waals surface area contributed by atoms with Crippen molar-refractivity contribution in [2.75, 3.05) is 43.0 Å². The molecule has 8 nitrogen and oxygen atoms in total. The topological polar surface area (TPSA) is 89.6 Å². The van der Waals surface area contributed by atoms with E-state index in [9.17, 15) is 0 Å². The second kappa shape index (κ2) is 6.57. The molecular weight excluding hydrogens is 340 g/mol. The summed E-state index contributed by atoms with van der Waals surface area (Å²) in [6.07, 6.45) is 2.84. The summed E-state index contributed by atoms with van der Waals surface area (Å²) in [5.41, 5.74) is 6.94. The Bertz CT molecular complexity index is 789. The van der Waals surface area contributed by atoms with Gasteiger partial charge in [0, 0.05) is 19.1 Å². The largest absolute Gasteiger partial charge is 0.491 e. The molecule has 0 bridgehead atoms. The van der Waals surface area contributed by atoms with Gasteiger partial charge in [0.15, 0.2) is 5.75 Å². The fourth-order valence-electron chi connectivity index (χ4n) is 3.02. The van der Waals surface area contributed by atoms with Crippen LogP contribution in [0.5, 0.6) is 11.6 Å². The molecule has 4 heterocycles. The number of nitrogens with two attached hydrogens (primary N) is 1. The lowest BCUT2D eigenvalue weighted by atomic mass is 10.3. The second-order valence-corrected chi connectivity index (χ2v) is 6.87. The van der Waals surface area contributed by atoms with Crippen LogP contribution in [0.4, 0.5) is 17.5 Å². The van der Waals surface area contributed by atoms with Crippen LogP contribution < -0.4 is 25.0 Å². The Labute approximate surface area is 150 Å².